The van der Waals surface area contributed by atoms with Gasteiger partial charge in [-0.15, -0.1) is 24.0 Å². The Labute approximate surface area is 165 Å². The smallest absolute Gasteiger partial charge is 0.191 e. The summed E-state index contributed by atoms with van der Waals surface area (Å²) >= 11 is 0. The van der Waals surface area contributed by atoms with Crippen LogP contribution in [-0.2, 0) is 4.74 Å². The third kappa shape index (κ3) is 7.04. The molecular formula is C18H37IN4O. The van der Waals surface area contributed by atoms with Gasteiger partial charge in [0.15, 0.2) is 5.96 Å². The van der Waals surface area contributed by atoms with Crippen molar-refractivity contribution >= 4 is 29.9 Å². The van der Waals surface area contributed by atoms with E-state index in [0.717, 1.165) is 51.3 Å². The fraction of sp³-hybridized carbons (Fsp3) is 0.944. The molecule has 0 spiro atoms. The minimum Gasteiger partial charge on any atom is -0.379 e. The number of hydrogen-bond donors (Lipinski definition) is 2. The van der Waals surface area contributed by atoms with Gasteiger partial charge in [-0.2, -0.15) is 0 Å². The maximum atomic E-state index is 5.49. The number of morpholine rings is 1. The molecule has 1 aliphatic heterocycles. The van der Waals surface area contributed by atoms with E-state index >= 15 is 0 Å². The summed E-state index contributed by atoms with van der Waals surface area (Å²) in [5.41, 5.74) is 0. The summed E-state index contributed by atoms with van der Waals surface area (Å²) in [6.45, 7) is 14.5. The third-order valence-corrected chi connectivity index (χ3v) is 4.97. The highest BCUT2D eigenvalue weighted by molar-refractivity contribution is 14.0. The molecule has 1 aliphatic carbocycles. The maximum Gasteiger partial charge on any atom is 0.191 e. The van der Waals surface area contributed by atoms with E-state index in [1.807, 2.05) is 0 Å². The predicted molar refractivity (Wildman–Crippen MR) is 112 cm³/mol. The Kier molecular flexibility index (Phi) is 10.5. The van der Waals surface area contributed by atoms with E-state index in [1.54, 1.807) is 0 Å². The fourth-order valence-electron chi connectivity index (χ4n) is 3.45. The maximum absolute atomic E-state index is 5.49. The lowest BCUT2D eigenvalue weighted by Gasteiger charge is -2.36. The van der Waals surface area contributed by atoms with Gasteiger partial charge in [-0.05, 0) is 31.6 Å². The average Bonchev–Trinajstić information content (AvgIpc) is 3.26. The van der Waals surface area contributed by atoms with E-state index in [0.29, 0.717) is 18.0 Å². The van der Waals surface area contributed by atoms with Gasteiger partial charge in [0, 0.05) is 31.7 Å². The first-order valence-corrected chi connectivity index (χ1v) is 9.52. The highest BCUT2D eigenvalue weighted by Crippen LogP contribution is 2.34. The van der Waals surface area contributed by atoms with Crippen LogP contribution in [0, 0.1) is 11.8 Å². The molecule has 0 bridgehead atoms. The highest BCUT2D eigenvalue weighted by Gasteiger charge is 2.36. The van der Waals surface area contributed by atoms with E-state index in [1.165, 1.54) is 19.3 Å². The molecule has 0 amide bonds. The number of hydrogen-bond acceptors (Lipinski definition) is 3. The molecule has 0 aromatic rings. The van der Waals surface area contributed by atoms with Gasteiger partial charge in [0.25, 0.3) is 0 Å². The van der Waals surface area contributed by atoms with Crippen molar-refractivity contribution in [2.45, 2.75) is 59.0 Å². The zero-order valence-electron chi connectivity index (χ0n) is 15.9. The van der Waals surface area contributed by atoms with Crippen LogP contribution in [-0.4, -0.2) is 62.3 Å². The molecule has 0 radical (unpaired) electrons. The summed E-state index contributed by atoms with van der Waals surface area (Å²) in [6.07, 6.45) is 3.91. The van der Waals surface area contributed by atoms with Crippen molar-refractivity contribution in [3.05, 3.63) is 0 Å². The summed E-state index contributed by atoms with van der Waals surface area (Å²) < 4.78 is 5.49. The van der Waals surface area contributed by atoms with Crippen LogP contribution < -0.4 is 10.6 Å². The topological polar surface area (TPSA) is 48.9 Å². The predicted octanol–water partition coefficient (Wildman–Crippen LogP) is 2.70. The molecule has 142 valence electrons. The standard InChI is InChI=1S/C18H36N4O.HI/c1-5-7-15-12-16(15)21-18(19-6-2)20-13-17(14(3)4)22-8-10-23-11-9-22;/h14-17H,5-13H2,1-4H3,(H2,19,20,21);1H. The van der Waals surface area contributed by atoms with Crippen LogP contribution >= 0.6 is 24.0 Å². The summed E-state index contributed by atoms with van der Waals surface area (Å²) in [7, 11) is 0. The summed E-state index contributed by atoms with van der Waals surface area (Å²) in [5, 5.41) is 7.03. The normalized spacial score (nSPS) is 26.0. The van der Waals surface area contributed by atoms with Crippen molar-refractivity contribution in [3.63, 3.8) is 0 Å². The van der Waals surface area contributed by atoms with Gasteiger partial charge in [0.05, 0.1) is 19.8 Å². The number of nitrogens with one attached hydrogen (secondary N) is 2. The summed E-state index contributed by atoms with van der Waals surface area (Å²) in [6, 6.07) is 1.13. The van der Waals surface area contributed by atoms with Crippen molar-refractivity contribution in [2.75, 3.05) is 39.4 Å². The zero-order valence-corrected chi connectivity index (χ0v) is 18.2. The molecule has 5 nitrogen and oxygen atoms in total. The summed E-state index contributed by atoms with van der Waals surface area (Å²) in [5.74, 6) is 2.45. The lowest BCUT2D eigenvalue weighted by molar-refractivity contribution is 0.00867. The Hall–Kier alpha value is -0.0800. The van der Waals surface area contributed by atoms with E-state index < -0.39 is 0 Å². The molecule has 0 aromatic carbocycles. The zero-order chi connectivity index (χ0) is 16.7. The molecule has 1 saturated heterocycles. The van der Waals surface area contributed by atoms with Gasteiger partial charge in [-0.25, -0.2) is 0 Å². The van der Waals surface area contributed by atoms with E-state index in [9.17, 15) is 0 Å². The Morgan fingerprint density at radius 2 is 1.96 bits per heavy atom. The molecule has 6 heteroatoms. The number of aliphatic imine (C=N–C) groups is 1. The lowest BCUT2D eigenvalue weighted by atomic mass is 10.0. The minimum atomic E-state index is 0. The summed E-state index contributed by atoms with van der Waals surface area (Å²) in [4.78, 5) is 7.44. The number of nitrogens with zero attached hydrogens (tertiary/aromatic N) is 2. The van der Waals surface area contributed by atoms with Crippen LogP contribution in [0.5, 0.6) is 0 Å². The fourth-order valence-corrected chi connectivity index (χ4v) is 3.45. The van der Waals surface area contributed by atoms with Gasteiger partial charge >= 0.3 is 0 Å². The monoisotopic (exact) mass is 452 g/mol. The van der Waals surface area contributed by atoms with Crippen LogP contribution in [0.25, 0.3) is 0 Å². The number of ether oxygens (including phenoxy) is 1. The highest BCUT2D eigenvalue weighted by atomic mass is 127. The SMILES string of the molecule is CCCC1CC1NC(=NCC(C(C)C)N1CCOCC1)NCC.I. The Bertz CT molecular complexity index is 372. The van der Waals surface area contributed by atoms with Crippen LogP contribution in [0.3, 0.4) is 0 Å². The van der Waals surface area contributed by atoms with Gasteiger partial charge < -0.3 is 15.4 Å². The number of guanidine groups is 1. The second kappa shape index (κ2) is 11.5. The Morgan fingerprint density at radius 3 is 2.54 bits per heavy atom. The number of rotatable bonds is 8. The average molecular weight is 452 g/mol. The molecule has 2 N–H and O–H groups in total. The van der Waals surface area contributed by atoms with Crippen LogP contribution in [0.2, 0.25) is 0 Å². The van der Waals surface area contributed by atoms with Crippen LogP contribution in [0.15, 0.2) is 4.99 Å². The molecule has 24 heavy (non-hydrogen) atoms. The molecule has 3 unspecified atom stereocenters. The van der Waals surface area contributed by atoms with Gasteiger partial charge in [0.2, 0.25) is 0 Å². The second-order valence-electron chi connectivity index (χ2n) is 7.21. The molecule has 2 fully saturated rings. The molecule has 1 heterocycles. The first kappa shape index (κ1) is 22.0. The largest absolute Gasteiger partial charge is 0.379 e. The van der Waals surface area contributed by atoms with E-state index in [4.69, 9.17) is 9.73 Å². The van der Waals surface area contributed by atoms with Crippen molar-refractivity contribution in [1.29, 1.82) is 0 Å². The number of halogens is 1. The first-order chi connectivity index (χ1) is 11.2. The Balaban J connectivity index is 0.00000288. The lowest BCUT2D eigenvalue weighted by Crippen LogP contribution is -2.48. The van der Waals surface area contributed by atoms with Gasteiger partial charge in [0.1, 0.15) is 0 Å². The quantitative estimate of drug-likeness (QED) is 0.338. The third-order valence-electron chi connectivity index (χ3n) is 4.97. The van der Waals surface area contributed by atoms with E-state index in [-0.39, 0.29) is 24.0 Å². The second-order valence-corrected chi connectivity index (χ2v) is 7.21. The Morgan fingerprint density at radius 1 is 1.25 bits per heavy atom. The molecule has 2 rings (SSSR count). The van der Waals surface area contributed by atoms with Crippen molar-refractivity contribution < 1.29 is 4.74 Å². The molecular weight excluding hydrogens is 415 g/mol. The minimum absolute atomic E-state index is 0. The van der Waals surface area contributed by atoms with Crippen LogP contribution in [0.1, 0.15) is 47.0 Å². The first-order valence-electron chi connectivity index (χ1n) is 9.52. The van der Waals surface area contributed by atoms with Crippen molar-refractivity contribution in [1.82, 2.24) is 15.5 Å². The van der Waals surface area contributed by atoms with E-state index in [2.05, 4.69) is 43.2 Å². The molecule has 3 atom stereocenters. The molecule has 0 aromatic heterocycles. The van der Waals surface area contributed by atoms with Gasteiger partial charge in [-0.3, -0.25) is 9.89 Å². The van der Waals surface area contributed by atoms with Gasteiger partial charge in [-0.1, -0.05) is 27.2 Å². The molecule has 1 saturated carbocycles. The van der Waals surface area contributed by atoms with Crippen molar-refractivity contribution in [3.8, 4) is 0 Å². The van der Waals surface area contributed by atoms with Crippen molar-refractivity contribution in [2.24, 2.45) is 16.8 Å². The van der Waals surface area contributed by atoms with Crippen LogP contribution in [0.4, 0.5) is 0 Å². The molecule has 2 aliphatic rings.